The number of nitrogens with one attached hydrogen (secondary N) is 1. The van der Waals surface area contributed by atoms with E-state index >= 15 is 0 Å². The molecule has 0 saturated carbocycles. The molecule has 3 heteroatoms. The van der Waals surface area contributed by atoms with Crippen molar-refractivity contribution < 1.29 is 9.53 Å². The highest BCUT2D eigenvalue weighted by molar-refractivity contribution is 5.86. The molecular weight excluding hydrogens is 178 g/mol. The lowest BCUT2D eigenvalue weighted by Gasteiger charge is -1.94. The fourth-order valence-corrected chi connectivity index (χ4v) is 1.25. The van der Waals surface area contributed by atoms with E-state index in [0.717, 1.165) is 17.0 Å². The number of aromatic amines is 1. The topological polar surface area (TPSA) is 42.1 Å². The molecule has 0 saturated heterocycles. The number of hydrogen-bond acceptors (Lipinski definition) is 2. The van der Waals surface area contributed by atoms with E-state index in [1.807, 2.05) is 24.3 Å². The van der Waals surface area contributed by atoms with Gasteiger partial charge in [-0.25, -0.2) is 4.79 Å². The monoisotopic (exact) mass is 187 g/mol. The number of para-hydroxylation sites is 1. The number of esters is 1. The maximum absolute atomic E-state index is 10.9. The Morgan fingerprint density at radius 1 is 1.43 bits per heavy atom. The lowest BCUT2D eigenvalue weighted by Crippen LogP contribution is -2.02. The van der Waals surface area contributed by atoms with Gasteiger partial charge in [-0.05, 0) is 6.07 Å². The average Bonchev–Trinajstić information content (AvgIpc) is 2.59. The predicted octanol–water partition coefficient (Wildman–Crippen LogP) is 2.26. The van der Waals surface area contributed by atoms with Crippen molar-refractivity contribution >= 4 is 16.9 Å². The second-order valence-electron chi connectivity index (χ2n) is 2.85. The molecule has 0 radical (unpaired) electrons. The Hall–Kier alpha value is -2.03. The van der Waals surface area contributed by atoms with E-state index in [4.69, 9.17) is 4.74 Å². The molecule has 0 unspecified atom stereocenters. The first-order valence-electron chi connectivity index (χ1n) is 4.21. The Morgan fingerprint density at radius 2 is 2.21 bits per heavy atom. The standard InChI is InChI=1S/C11H9NO2/c1-2-11(13)14-10-7-8-5-3-4-6-9(8)12-10/h2-7,12H,1H2. The normalized spacial score (nSPS) is 10.0. The number of fused-ring (bicyclic) bond motifs is 1. The number of H-pyrrole nitrogens is 1. The van der Waals surface area contributed by atoms with Crippen LogP contribution in [0.4, 0.5) is 0 Å². The lowest BCUT2D eigenvalue weighted by molar-refractivity contribution is -0.129. The minimum Gasteiger partial charge on any atom is -0.406 e. The molecule has 2 aromatic rings. The third-order valence-corrected chi connectivity index (χ3v) is 1.88. The van der Waals surface area contributed by atoms with Crippen molar-refractivity contribution in [3.8, 4) is 5.88 Å². The van der Waals surface area contributed by atoms with Crippen molar-refractivity contribution in [3.05, 3.63) is 43.0 Å². The van der Waals surface area contributed by atoms with Crippen LogP contribution in [0.15, 0.2) is 43.0 Å². The molecule has 70 valence electrons. The summed E-state index contributed by atoms with van der Waals surface area (Å²) in [5, 5.41) is 1.01. The van der Waals surface area contributed by atoms with Crippen LogP contribution in [0, 0.1) is 0 Å². The molecule has 0 aliphatic heterocycles. The van der Waals surface area contributed by atoms with Crippen molar-refractivity contribution in [1.82, 2.24) is 4.98 Å². The summed E-state index contributed by atoms with van der Waals surface area (Å²) in [6.45, 7) is 3.32. The molecule has 0 fully saturated rings. The van der Waals surface area contributed by atoms with Gasteiger partial charge in [0.1, 0.15) is 0 Å². The van der Waals surface area contributed by atoms with E-state index < -0.39 is 5.97 Å². The Kier molecular flexibility index (Phi) is 2.07. The summed E-state index contributed by atoms with van der Waals surface area (Å²) in [7, 11) is 0. The van der Waals surface area contributed by atoms with E-state index in [-0.39, 0.29) is 0 Å². The molecule has 0 aliphatic rings. The summed E-state index contributed by atoms with van der Waals surface area (Å²) in [6.07, 6.45) is 1.13. The van der Waals surface area contributed by atoms with Gasteiger partial charge in [0.15, 0.2) is 0 Å². The Balaban J connectivity index is 2.35. The molecule has 1 heterocycles. The number of carbonyl (C=O) groups excluding carboxylic acids is 1. The van der Waals surface area contributed by atoms with Gasteiger partial charge < -0.3 is 9.72 Å². The van der Waals surface area contributed by atoms with Crippen molar-refractivity contribution in [2.75, 3.05) is 0 Å². The van der Waals surface area contributed by atoms with Gasteiger partial charge in [0.2, 0.25) is 5.88 Å². The number of carbonyl (C=O) groups is 1. The van der Waals surface area contributed by atoms with Gasteiger partial charge in [0.25, 0.3) is 0 Å². The zero-order valence-corrected chi connectivity index (χ0v) is 7.49. The first-order valence-corrected chi connectivity index (χ1v) is 4.21. The highest BCUT2D eigenvalue weighted by Gasteiger charge is 2.03. The highest BCUT2D eigenvalue weighted by Crippen LogP contribution is 2.19. The quantitative estimate of drug-likeness (QED) is 0.578. The molecule has 2 rings (SSSR count). The average molecular weight is 187 g/mol. The van der Waals surface area contributed by atoms with Crippen LogP contribution in [0.2, 0.25) is 0 Å². The van der Waals surface area contributed by atoms with Crippen LogP contribution >= 0.6 is 0 Å². The van der Waals surface area contributed by atoms with Crippen LogP contribution in [-0.4, -0.2) is 11.0 Å². The highest BCUT2D eigenvalue weighted by atomic mass is 16.5. The van der Waals surface area contributed by atoms with E-state index in [9.17, 15) is 4.79 Å². The summed E-state index contributed by atoms with van der Waals surface area (Å²) in [5.41, 5.74) is 0.944. The Bertz CT molecular complexity index is 452. The fraction of sp³-hybridized carbons (Fsp3) is 0. The minimum absolute atomic E-state index is 0.441. The number of rotatable bonds is 2. The summed E-state index contributed by atoms with van der Waals surface area (Å²) in [6, 6.07) is 9.47. The van der Waals surface area contributed by atoms with Crippen LogP contribution in [0.3, 0.4) is 0 Å². The first-order chi connectivity index (χ1) is 6.79. The van der Waals surface area contributed by atoms with Crippen LogP contribution < -0.4 is 4.74 Å². The Morgan fingerprint density at radius 3 is 2.93 bits per heavy atom. The van der Waals surface area contributed by atoms with Crippen molar-refractivity contribution in [1.29, 1.82) is 0 Å². The Labute approximate surface area is 81.0 Å². The molecule has 1 aromatic heterocycles. The number of aromatic nitrogens is 1. The largest absolute Gasteiger partial charge is 0.406 e. The van der Waals surface area contributed by atoms with Gasteiger partial charge in [0.05, 0.1) is 0 Å². The van der Waals surface area contributed by atoms with Gasteiger partial charge in [-0.2, -0.15) is 0 Å². The van der Waals surface area contributed by atoms with E-state index in [1.165, 1.54) is 0 Å². The molecule has 0 spiro atoms. The third kappa shape index (κ3) is 1.52. The molecule has 14 heavy (non-hydrogen) atoms. The summed E-state index contributed by atoms with van der Waals surface area (Å²) in [5.74, 6) is -0.0207. The minimum atomic E-state index is -0.462. The van der Waals surface area contributed by atoms with Crippen LogP contribution in [-0.2, 0) is 4.79 Å². The van der Waals surface area contributed by atoms with Crippen molar-refractivity contribution in [2.45, 2.75) is 0 Å². The van der Waals surface area contributed by atoms with Gasteiger partial charge in [-0.1, -0.05) is 24.8 Å². The second kappa shape index (κ2) is 3.38. The van der Waals surface area contributed by atoms with Crippen LogP contribution in [0.5, 0.6) is 5.88 Å². The van der Waals surface area contributed by atoms with Crippen LogP contribution in [0.25, 0.3) is 10.9 Å². The van der Waals surface area contributed by atoms with Crippen molar-refractivity contribution in [2.24, 2.45) is 0 Å². The number of hydrogen-bond donors (Lipinski definition) is 1. The molecule has 1 N–H and O–H groups in total. The van der Waals surface area contributed by atoms with Gasteiger partial charge >= 0.3 is 5.97 Å². The molecule has 0 bridgehead atoms. The first kappa shape index (κ1) is 8.56. The lowest BCUT2D eigenvalue weighted by atomic mass is 10.3. The molecule has 0 atom stereocenters. The second-order valence-corrected chi connectivity index (χ2v) is 2.85. The SMILES string of the molecule is C=CC(=O)Oc1cc2ccccc2[nH]1. The van der Waals surface area contributed by atoms with E-state index in [0.29, 0.717) is 5.88 Å². The molecule has 3 nitrogen and oxygen atoms in total. The van der Waals surface area contributed by atoms with Crippen LogP contribution in [0.1, 0.15) is 0 Å². The molecular formula is C11H9NO2. The molecule has 1 aromatic carbocycles. The third-order valence-electron chi connectivity index (χ3n) is 1.88. The number of ether oxygens (including phenoxy) is 1. The summed E-state index contributed by atoms with van der Waals surface area (Å²) >= 11 is 0. The smallest absolute Gasteiger partial charge is 0.336 e. The van der Waals surface area contributed by atoms with Crippen molar-refractivity contribution in [3.63, 3.8) is 0 Å². The van der Waals surface area contributed by atoms with Gasteiger partial charge in [-0.15, -0.1) is 0 Å². The zero-order valence-electron chi connectivity index (χ0n) is 7.49. The van der Waals surface area contributed by atoms with E-state index in [2.05, 4.69) is 11.6 Å². The number of benzene rings is 1. The molecule has 0 amide bonds. The van der Waals surface area contributed by atoms with Gasteiger partial charge in [0, 0.05) is 23.0 Å². The fourth-order valence-electron chi connectivity index (χ4n) is 1.25. The zero-order chi connectivity index (χ0) is 9.97. The van der Waals surface area contributed by atoms with E-state index in [1.54, 1.807) is 6.07 Å². The summed E-state index contributed by atoms with van der Waals surface area (Å²) < 4.78 is 4.94. The maximum atomic E-state index is 10.9. The van der Waals surface area contributed by atoms with Gasteiger partial charge in [-0.3, -0.25) is 0 Å². The summed E-state index contributed by atoms with van der Waals surface area (Å²) in [4.78, 5) is 13.9. The predicted molar refractivity (Wildman–Crippen MR) is 54.1 cm³/mol. The maximum Gasteiger partial charge on any atom is 0.336 e. The molecule has 0 aliphatic carbocycles.